The Labute approximate surface area is 156 Å². The van der Waals surface area contributed by atoms with E-state index in [2.05, 4.69) is 15.6 Å². The maximum atomic E-state index is 13.1. The molecule has 26 heavy (non-hydrogen) atoms. The van der Waals surface area contributed by atoms with Crippen molar-refractivity contribution in [2.45, 2.75) is 13.8 Å². The zero-order valence-electron chi connectivity index (χ0n) is 14.5. The summed E-state index contributed by atoms with van der Waals surface area (Å²) in [5, 5.41) is 7.43. The third-order valence-corrected chi connectivity index (χ3v) is 4.02. The molecule has 0 aliphatic rings. The molecule has 7 heteroatoms. The number of aromatic amines is 1. The molecule has 1 heterocycles. The van der Waals surface area contributed by atoms with Crippen LogP contribution in [0.3, 0.4) is 0 Å². The van der Waals surface area contributed by atoms with Crippen molar-refractivity contribution in [2.24, 2.45) is 10.8 Å². The number of aromatic nitrogens is 2. The third kappa shape index (κ3) is 3.57. The smallest absolute Gasteiger partial charge is 0.281 e. The van der Waals surface area contributed by atoms with E-state index in [9.17, 15) is 4.79 Å². The molecular formula is C19H19N5OS. The lowest BCUT2D eigenvalue weighted by molar-refractivity contribution is 0.835. The highest BCUT2D eigenvalue weighted by molar-refractivity contribution is 7.80. The Morgan fingerprint density at radius 3 is 2.38 bits per heavy atom. The van der Waals surface area contributed by atoms with Crippen LogP contribution in [-0.4, -0.2) is 20.6 Å². The average molecular weight is 365 g/mol. The Kier molecular flexibility index (Phi) is 4.99. The largest absolute Gasteiger partial charge is 0.375 e. The summed E-state index contributed by atoms with van der Waals surface area (Å²) in [6, 6.07) is 17.1. The minimum atomic E-state index is -0.197. The van der Waals surface area contributed by atoms with Gasteiger partial charge in [-0.25, -0.2) is 4.68 Å². The molecule has 0 unspecified atom stereocenters. The Morgan fingerprint density at radius 2 is 1.77 bits per heavy atom. The fraction of sp³-hybridized carbons (Fsp3) is 0.105. The summed E-state index contributed by atoms with van der Waals surface area (Å²) in [5.41, 5.74) is 12.2. The summed E-state index contributed by atoms with van der Waals surface area (Å²) in [7, 11) is 0. The van der Waals surface area contributed by atoms with Gasteiger partial charge in [-0.1, -0.05) is 48.0 Å². The number of aryl methyl sites for hydroxylation is 2. The zero-order valence-corrected chi connectivity index (χ0v) is 15.3. The van der Waals surface area contributed by atoms with Gasteiger partial charge in [-0.05, 0) is 38.2 Å². The number of nitrogens with two attached hydrogens (primary N) is 1. The van der Waals surface area contributed by atoms with E-state index in [-0.39, 0.29) is 10.7 Å². The molecule has 0 amide bonds. The SMILES string of the molecule is Cc1ccc(/C(=N\NC(N)=S)c2c(C)[nH]n(-c3ccccc3)c2=O)cc1. The van der Waals surface area contributed by atoms with Crippen molar-refractivity contribution in [3.05, 3.63) is 87.3 Å². The van der Waals surface area contributed by atoms with Gasteiger partial charge in [0.2, 0.25) is 0 Å². The van der Waals surface area contributed by atoms with E-state index in [1.807, 2.05) is 68.4 Å². The van der Waals surface area contributed by atoms with Gasteiger partial charge in [0.05, 0.1) is 11.3 Å². The minimum absolute atomic E-state index is 0.0335. The standard InChI is InChI=1S/C19H19N5OS/c1-12-8-10-14(11-9-12)17(21-22-19(20)26)16-13(2)23-24(18(16)25)15-6-4-3-5-7-15/h3-11,23H,1-2H3,(H3,20,22,26)/b21-17+. The molecule has 6 nitrogen and oxygen atoms in total. The van der Waals surface area contributed by atoms with Crippen molar-refractivity contribution in [2.75, 3.05) is 0 Å². The van der Waals surface area contributed by atoms with Crippen LogP contribution in [0.1, 0.15) is 22.4 Å². The van der Waals surface area contributed by atoms with Crippen LogP contribution < -0.4 is 16.7 Å². The maximum absolute atomic E-state index is 13.1. The van der Waals surface area contributed by atoms with Gasteiger partial charge in [-0.3, -0.25) is 15.3 Å². The molecule has 1 aromatic heterocycles. The van der Waals surface area contributed by atoms with Crippen molar-refractivity contribution >= 4 is 23.0 Å². The molecule has 3 aromatic rings. The van der Waals surface area contributed by atoms with Gasteiger partial charge in [-0.15, -0.1) is 0 Å². The van der Waals surface area contributed by atoms with E-state index in [4.69, 9.17) is 18.0 Å². The van der Waals surface area contributed by atoms with E-state index in [0.717, 1.165) is 16.8 Å². The molecular weight excluding hydrogens is 346 g/mol. The van der Waals surface area contributed by atoms with E-state index < -0.39 is 0 Å². The molecule has 0 fully saturated rings. The first-order chi connectivity index (χ1) is 12.5. The number of rotatable bonds is 4. The molecule has 0 spiro atoms. The van der Waals surface area contributed by atoms with Gasteiger partial charge in [0.15, 0.2) is 5.11 Å². The fourth-order valence-corrected chi connectivity index (χ4v) is 2.72. The monoisotopic (exact) mass is 365 g/mol. The number of H-pyrrole nitrogens is 1. The average Bonchev–Trinajstić information content (AvgIpc) is 2.92. The van der Waals surface area contributed by atoms with Crippen LogP contribution in [0.2, 0.25) is 0 Å². The van der Waals surface area contributed by atoms with Crippen LogP contribution in [0.4, 0.5) is 0 Å². The maximum Gasteiger partial charge on any atom is 0.281 e. The van der Waals surface area contributed by atoms with E-state index in [0.29, 0.717) is 17.0 Å². The van der Waals surface area contributed by atoms with Gasteiger partial charge >= 0.3 is 0 Å². The molecule has 132 valence electrons. The Morgan fingerprint density at radius 1 is 1.12 bits per heavy atom. The number of benzene rings is 2. The summed E-state index contributed by atoms with van der Waals surface area (Å²) in [6.07, 6.45) is 0. The lowest BCUT2D eigenvalue weighted by Gasteiger charge is -2.07. The van der Waals surface area contributed by atoms with Crippen LogP contribution in [0.5, 0.6) is 0 Å². The van der Waals surface area contributed by atoms with Crippen molar-refractivity contribution in [1.82, 2.24) is 15.2 Å². The number of nitrogens with zero attached hydrogens (tertiary/aromatic N) is 2. The van der Waals surface area contributed by atoms with Gasteiger partial charge in [0.25, 0.3) is 5.56 Å². The first-order valence-electron chi connectivity index (χ1n) is 8.05. The molecule has 0 atom stereocenters. The highest BCUT2D eigenvalue weighted by Gasteiger charge is 2.19. The summed E-state index contributed by atoms with van der Waals surface area (Å²) < 4.78 is 1.50. The lowest BCUT2D eigenvalue weighted by atomic mass is 10.0. The van der Waals surface area contributed by atoms with Crippen LogP contribution >= 0.6 is 12.2 Å². The normalized spacial score (nSPS) is 11.4. The number of para-hydroxylation sites is 1. The Bertz CT molecular complexity index is 1020. The highest BCUT2D eigenvalue weighted by Crippen LogP contribution is 2.14. The second kappa shape index (κ2) is 7.37. The second-order valence-corrected chi connectivity index (χ2v) is 6.33. The van der Waals surface area contributed by atoms with Crippen LogP contribution in [-0.2, 0) is 0 Å². The second-order valence-electron chi connectivity index (χ2n) is 5.89. The summed E-state index contributed by atoms with van der Waals surface area (Å²) >= 11 is 4.85. The summed E-state index contributed by atoms with van der Waals surface area (Å²) in [4.78, 5) is 13.1. The van der Waals surface area contributed by atoms with Gasteiger partial charge in [0, 0.05) is 11.3 Å². The van der Waals surface area contributed by atoms with E-state index in [1.54, 1.807) is 0 Å². The summed E-state index contributed by atoms with van der Waals surface area (Å²) in [6.45, 7) is 3.83. The third-order valence-electron chi connectivity index (χ3n) is 3.93. The van der Waals surface area contributed by atoms with Crippen LogP contribution in [0, 0.1) is 13.8 Å². The number of hydrazone groups is 1. The highest BCUT2D eigenvalue weighted by atomic mass is 32.1. The number of hydrogen-bond donors (Lipinski definition) is 3. The molecule has 0 saturated heterocycles. The van der Waals surface area contributed by atoms with Gasteiger partial charge in [0.1, 0.15) is 5.71 Å². The molecule has 4 N–H and O–H groups in total. The van der Waals surface area contributed by atoms with Crippen molar-refractivity contribution in [3.8, 4) is 5.69 Å². The van der Waals surface area contributed by atoms with Gasteiger partial charge in [-0.2, -0.15) is 5.10 Å². The van der Waals surface area contributed by atoms with Crippen LogP contribution in [0.15, 0.2) is 64.5 Å². The van der Waals surface area contributed by atoms with Crippen LogP contribution in [0.25, 0.3) is 5.69 Å². The Balaban J connectivity index is 2.17. The number of hydrogen-bond acceptors (Lipinski definition) is 3. The number of nitrogens with one attached hydrogen (secondary N) is 2. The molecule has 0 bridgehead atoms. The van der Waals surface area contributed by atoms with Gasteiger partial charge < -0.3 is 5.73 Å². The quantitative estimate of drug-likeness (QED) is 0.376. The molecule has 0 saturated carbocycles. The fourth-order valence-electron chi connectivity index (χ4n) is 2.67. The Hall–Kier alpha value is -3.19. The lowest BCUT2D eigenvalue weighted by Crippen LogP contribution is -2.28. The molecule has 3 rings (SSSR count). The summed E-state index contributed by atoms with van der Waals surface area (Å²) in [5.74, 6) is 0. The topological polar surface area (TPSA) is 88.2 Å². The first kappa shape index (κ1) is 17.6. The molecule has 0 aliphatic carbocycles. The van der Waals surface area contributed by atoms with E-state index in [1.165, 1.54) is 4.68 Å². The van der Waals surface area contributed by atoms with Crippen molar-refractivity contribution < 1.29 is 0 Å². The molecule has 0 aliphatic heterocycles. The number of thiocarbonyl (C=S) groups is 1. The zero-order chi connectivity index (χ0) is 18.7. The first-order valence-corrected chi connectivity index (χ1v) is 8.46. The van der Waals surface area contributed by atoms with E-state index >= 15 is 0 Å². The minimum Gasteiger partial charge on any atom is -0.375 e. The predicted molar refractivity (Wildman–Crippen MR) is 108 cm³/mol. The van der Waals surface area contributed by atoms with Crippen molar-refractivity contribution in [3.63, 3.8) is 0 Å². The predicted octanol–water partition coefficient (Wildman–Crippen LogP) is 2.37. The molecule has 2 aromatic carbocycles. The molecule has 0 radical (unpaired) electrons. The van der Waals surface area contributed by atoms with Crippen molar-refractivity contribution in [1.29, 1.82) is 0 Å².